The number of aryl methyl sites for hydroxylation is 1. The summed E-state index contributed by atoms with van der Waals surface area (Å²) in [4.78, 5) is 18.5. The van der Waals surface area contributed by atoms with Crippen molar-refractivity contribution in [1.82, 2.24) is 19.7 Å². The van der Waals surface area contributed by atoms with Gasteiger partial charge in [-0.2, -0.15) is 5.10 Å². The Morgan fingerprint density at radius 3 is 2.67 bits per heavy atom. The molecule has 1 aliphatic heterocycles. The molecule has 0 aliphatic carbocycles. The van der Waals surface area contributed by atoms with Crippen LogP contribution >= 0.6 is 0 Å². The highest BCUT2D eigenvalue weighted by Gasteiger charge is 2.27. The van der Waals surface area contributed by atoms with Crippen molar-refractivity contribution in [3.63, 3.8) is 0 Å². The van der Waals surface area contributed by atoms with Crippen molar-refractivity contribution in [3.8, 4) is 0 Å². The molecule has 6 heteroatoms. The van der Waals surface area contributed by atoms with Crippen LogP contribution in [0.2, 0.25) is 0 Å². The quantitative estimate of drug-likeness (QED) is 0.839. The van der Waals surface area contributed by atoms with E-state index in [1.165, 1.54) is 0 Å². The van der Waals surface area contributed by atoms with Crippen LogP contribution in [-0.4, -0.2) is 39.3 Å². The van der Waals surface area contributed by atoms with E-state index < -0.39 is 0 Å². The number of rotatable bonds is 5. The molecule has 0 bridgehead atoms. The van der Waals surface area contributed by atoms with Gasteiger partial charge >= 0.3 is 0 Å². The summed E-state index contributed by atoms with van der Waals surface area (Å²) in [7, 11) is 0. The molecule has 6 nitrogen and oxygen atoms in total. The van der Waals surface area contributed by atoms with Crippen molar-refractivity contribution in [3.05, 3.63) is 46.0 Å². The highest BCUT2D eigenvalue weighted by Crippen LogP contribution is 2.20. The molecular weight excluding hydrogens is 304 g/mol. The Labute approximate surface area is 142 Å². The second-order valence-electron chi connectivity index (χ2n) is 7.71. The van der Waals surface area contributed by atoms with Crippen molar-refractivity contribution in [2.75, 3.05) is 19.6 Å². The zero-order valence-electron chi connectivity index (χ0n) is 15.0. The number of nitrogens with zero attached hydrogens (tertiary/aromatic N) is 4. The molecule has 24 heavy (non-hydrogen) atoms. The van der Waals surface area contributed by atoms with Crippen LogP contribution in [0.5, 0.6) is 0 Å². The summed E-state index contributed by atoms with van der Waals surface area (Å²) in [6.07, 6.45) is 2.68. The standard InChI is InChI=1S/C18H26N4O2/c1-13-19-9-15(24-13)7-8-21-10-14(11-21)12-22-17(23)6-5-16(20-22)18(2,3)4/h5-6,9,14H,7-8,10-12H2,1-4H3. The summed E-state index contributed by atoms with van der Waals surface area (Å²) in [6.45, 7) is 11.9. The lowest BCUT2D eigenvalue weighted by atomic mass is 9.92. The van der Waals surface area contributed by atoms with Crippen molar-refractivity contribution in [1.29, 1.82) is 0 Å². The van der Waals surface area contributed by atoms with Crippen LogP contribution in [0.1, 0.15) is 38.1 Å². The lowest BCUT2D eigenvalue weighted by Crippen LogP contribution is -2.50. The van der Waals surface area contributed by atoms with Crippen LogP contribution in [0.3, 0.4) is 0 Å². The molecule has 0 N–H and O–H groups in total. The number of oxazole rings is 1. The maximum Gasteiger partial charge on any atom is 0.266 e. The Hall–Kier alpha value is -1.95. The van der Waals surface area contributed by atoms with Gasteiger partial charge in [-0.3, -0.25) is 4.79 Å². The third-order valence-corrected chi connectivity index (χ3v) is 4.44. The molecular formula is C18H26N4O2. The van der Waals surface area contributed by atoms with Gasteiger partial charge in [0.15, 0.2) is 5.89 Å². The Morgan fingerprint density at radius 2 is 2.04 bits per heavy atom. The minimum atomic E-state index is -0.0453. The van der Waals surface area contributed by atoms with E-state index in [-0.39, 0.29) is 11.0 Å². The van der Waals surface area contributed by atoms with E-state index in [1.807, 2.05) is 13.0 Å². The number of hydrogen-bond donors (Lipinski definition) is 0. The van der Waals surface area contributed by atoms with Gasteiger partial charge in [-0.15, -0.1) is 0 Å². The first-order chi connectivity index (χ1) is 11.3. The van der Waals surface area contributed by atoms with Gasteiger partial charge in [0, 0.05) is 50.4 Å². The Kier molecular flexibility index (Phi) is 4.58. The Balaban J connectivity index is 1.51. The second kappa shape index (κ2) is 6.51. The van der Waals surface area contributed by atoms with Crippen molar-refractivity contribution < 1.29 is 4.42 Å². The summed E-state index contributed by atoms with van der Waals surface area (Å²) < 4.78 is 7.12. The minimum Gasteiger partial charge on any atom is -0.446 e. The van der Waals surface area contributed by atoms with E-state index in [0.717, 1.165) is 43.4 Å². The third kappa shape index (κ3) is 3.93. The predicted molar refractivity (Wildman–Crippen MR) is 92.1 cm³/mol. The molecule has 3 rings (SSSR count). The maximum absolute atomic E-state index is 12.0. The van der Waals surface area contributed by atoms with Gasteiger partial charge in [0.1, 0.15) is 5.76 Å². The van der Waals surface area contributed by atoms with Crippen molar-refractivity contribution in [2.24, 2.45) is 5.92 Å². The minimum absolute atomic E-state index is 0.0152. The molecule has 0 amide bonds. The molecule has 2 aromatic rings. The van der Waals surface area contributed by atoms with Crippen LogP contribution in [0.4, 0.5) is 0 Å². The number of aromatic nitrogens is 3. The van der Waals surface area contributed by atoms with Crippen LogP contribution in [0.15, 0.2) is 27.5 Å². The molecule has 0 unspecified atom stereocenters. The maximum atomic E-state index is 12.0. The zero-order chi connectivity index (χ0) is 17.3. The predicted octanol–water partition coefficient (Wildman–Crippen LogP) is 2.01. The summed E-state index contributed by atoms with van der Waals surface area (Å²) in [5, 5.41) is 4.55. The van der Waals surface area contributed by atoms with Crippen LogP contribution < -0.4 is 5.56 Å². The normalized spacial score (nSPS) is 16.3. The first kappa shape index (κ1) is 16.9. The summed E-state index contributed by atoms with van der Waals surface area (Å²) in [5.41, 5.74) is 0.897. The largest absolute Gasteiger partial charge is 0.446 e. The first-order valence-electron chi connectivity index (χ1n) is 8.53. The molecule has 130 valence electrons. The fourth-order valence-corrected chi connectivity index (χ4v) is 2.99. The van der Waals surface area contributed by atoms with Gasteiger partial charge in [-0.1, -0.05) is 20.8 Å². The van der Waals surface area contributed by atoms with E-state index in [0.29, 0.717) is 12.5 Å². The lowest BCUT2D eigenvalue weighted by Gasteiger charge is -2.39. The number of hydrogen-bond acceptors (Lipinski definition) is 5. The van der Waals surface area contributed by atoms with Gasteiger partial charge < -0.3 is 9.32 Å². The van der Waals surface area contributed by atoms with E-state index >= 15 is 0 Å². The van der Waals surface area contributed by atoms with E-state index in [2.05, 4.69) is 35.8 Å². The summed E-state index contributed by atoms with van der Waals surface area (Å²) in [5.74, 6) is 2.14. The molecule has 1 aliphatic rings. The van der Waals surface area contributed by atoms with Gasteiger partial charge in [0.2, 0.25) is 0 Å². The van der Waals surface area contributed by atoms with E-state index in [4.69, 9.17) is 4.42 Å². The highest BCUT2D eigenvalue weighted by molar-refractivity contribution is 5.10. The molecule has 1 fully saturated rings. The molecule has 0 atom stereocenters. The fraction of sp³-hybridized carbons (Fsp3) is 0.611. The molecule has 1 saturated heterocycles. The van der Waals surface area contributed by atoms with Crippen molar-refractivity contribution in [2.45, 2.75) is 46.1 Å². The molecule has 0 spiro atoms. The SMILES string of the molecule is Cc1ncc(CCN2CC(Cn3nc(C(C)(C)C)ccc3=O)C2)o1. The number of likely N-dealkylation sites (tertiary alicyclic amines) is 1. The zero-order valence-corrected chi connectivity index (χ0v) is 15.0. The monoisotopic (exact) mass is 330 g/mol. The molecule has 0 radical (unpaired) electrons. The second-order valence-corrected chi connectivity index (χ2v) is 7.71. The first-order valence-corrected chi connectivity index (χ1v) is 8.53. The van der Waals surface area contributed by atoms with Crippen LogP contribution in [-0.2, 0) is 18.4 Å². The van der Waals surface area contributed by atoms with Gasteiger partial charge in [0.25, 0.3) is 5.56 Å². The molecule has 0 aromatic carbocycles. The van der Waals surface area contributed by atoms with Crippen LogP contribution in [0, 0.1) is 12.8 Å². The van der Waals surface area contributed by atoms with Crippen molar-refractivity contribution >= 4 is 0 Å². The Morgan fingerprint density at radius 1 is 1.29 bits per heavy atom. The molecule has 3 heterocycles. The molecule has 0 saturated carbocycles. The van der Waals surface area contributed by atoms with E-state index in [9.17, 15) is 4.79 Å². The third-order valence-electron chi connectivity index (χ3n) is 4.44. The topological polar surface area (TPSA) is 64.2 Å². The van der Waals surface area contributed by atoms with Gasteiger partial charge in [-0.25, -0.2) is 9.67 Å². The van der Waals surface area contributed by atoms with Gasteiger partial charge in [-0.05, 0) is 6.07 Å². The molecule has 2 aromatic heterocycles. The smallest absolute Gasteiger partial charge is 0.266 e. The average molecular weight is 330 g/mol. The Bertz CT molecular complexity index is 751. The summed E-state index contributed by atoms with van der Waals surface area (Å²) >= 11 is 0. The summed E-state index contributed by atoms with van der Waals surface area (Å²) in [6, 6.07) is 3.47. The van der Waals surface area contributed by atoms with Crippen LogP contribution in [0.25, 0.3) is 0 Å². The highest BCUT2D eigenvalue weighted by atomic mass is 16.4. The van der Waals surface area contributed by atoms with Gasteiger partial charge in [0.05, 0.1) is 18.4 Å². The average Bonchev–Trinajstić information content (AvgIpc) is 2.87. The fourth-order valence-electron chi connectivity index (χ4n) is 2.99. The lowest BCUT2D eigenvalue weighted by molar-refractivity contribution is 0.0837. The van der Waals surface area contributed by atoms with E-state index in [1.54, 1.807) is 16.9 Å².